The van der Waals surface area contributed by atoms with Crippen molar-refractivity contribution >= 4 is 23.8 Å². The summed E-state index contributed by atoms with van der Waals surface area (Å²) in [6, 6.07) is 41.8. The highest BCUT2D eigenvalue weighted by Gasteiger charge is 2.12. The first-order valence-corrected chi connectivity index (χ1v) is 14.0. The number of hydrogen-bond donors (Lipinski definition) is 2. The van der Waals surface area contributed by atoms with E-state index in [4.69, 9.17) is 9.98 Å². The van der Waals surface area contributed by atoms with Crippen LogP contribution in [0.5, 0.6) is 0 Å². The predicted octanol–water partition coefficient (Wildman–Crippen LogP) is 7.67. The third-order valence-corrected chi connectivity index (χ3v) is 6.81. The van der Waals surface area contributed by atoms with E-state index in [1.165, 1.54) is 11.1 Å². The second-order valence-electron chi connectivity index (χ2n) is 9.70. The zero-order chi connectivity index (χ0) is 27.2. The molecule has 4 heteroatoms. The Morgan fingerprint density at radius 2 is 0.800 bits per heavy atom. The quantitative estimate of drug-likeness (QED) is 0.288. The normalized spacial score (nSPS) is 21.2. The second kappa shape index (κ2) is 14.5. The van der Waals surface area contributed by atoms with E-state index in [-0.39, 0.29) is 12.1 Å². The Balaban J connectivity index is 1.48. The van der Waals surface area contributed by atoms with Crippen molar-refractivity contribution in [2.75, 3.05) is 13.1 Å². The molecule has 0 amide bonds. The number of benzene rings is 4. The van der Waals surface area contributed by atoms with Gasteiger partial charge in [-0.25, -0.2) is 0 Å². The molecule has 0 radical (unpaired) electrons. The van der Waals surface area contributed by atoms with E-state index in [1.54, 1.807) is 0 Å². The average molecular weight is 525 g/mol. The van der Waals surface area contributed by atoms with Crippen LogP contribution in [0.1, 0.15) is 47.2 Å². The number of aliphatic imine (C=N–C) groups is 2. The molecule has 5 rings (SSSR count). The maximum atomic E-state index is 5.03. The van der Waals surface area contributed by atoms with Crippen molar-refractivity contribution in [2.24, 2.45) is 9.98 Å². The molecular weight excluding hydrogens is 488 g/mol. The summed E-state index contributed by atoms with van der Waals surface area (Å²) in [6.07, 6.45) is 10.2. The highest BCUT2D eigenvalue weighted by Crippen LogP contribution is 2.25. The average Bonchev–Trinajstić information content (AvgIpc) is 3.02. The summed E-state index contributed by atoms with van der Waals surface area (Å²) in [5.74, 6) is 0. The summed E-state index contributed by atoms with van der Waals surface area (Å²) in [4.78, 5) is 10.1. The molecule has 0 bridgehead atoms. The van der Waals surface area contributed by atoms with E-state index in [0.717, 1.165) is 48.5 Å². The first-order valence-electron chi connectivity index (χ1n) is 14.0. The van der Waals surface area contributed by atoms with Crippen LogP contribution in [-0.4, -0.2) is 25.5 Å². The minimum atomic E-state index is -0.0860. The minimum absolute atomic E-state index is 0.0860. The van der Waals surface area contributed by atoms with Gasteiger partial charge in [0.15, 0.2) is 0 Å². The SMILES string of the molecule is C1=NC(c2ccccc2)/C=C(/c2ccccc2)NCCC=NC(c2ccccc2)/C=C(/c2ccccc2)NCC1. The van der Waals surface area contributed by atoms with Crippen molar-refractivity contribution in [3.63, 3.8) is 0 Å². The molecule has 2 atom stereocenters. The van der Waals surface area contributed by atoms with Crippen LogP contribution in [0.15, 0.2) is 143 Å². The summed E-state index contributed by atoms with van der Waals surface area (Å²) < 4.78 is 0. The van der Waals surface area contributed by atoms with Crippen LogP contribution < -0.4 is 10.6 Å². The summed E-state index contributed by atoms with van der Waals surface area (Å²) in [5, 5.41) is 7.35. The molecule has 1 aliphatic rings. The molecule has 0 saturated heterocycles. The van der Waals surface area contributed by atoms with Crippen LogP contribution in [0.25, 0.3) is 11.4 Å². The molecule has 0 saturated carbocycles. The van der Waals surface area contributed by atoms with Crippen LogP contribution in [0, 0.1) is 0 Å². The van der Waals surface area contributed by atoms with E-state index in [1.807, 2.05) is 36.7 Å². The summed E-state index contributed by atoms with van der Waals surface area (Å²) in [7, 11) is 0. The topological polar surface area (TPSA) is 48.8 Å². The fourth-order valence-corrected chi connectivity index (χ4v) is 4.74. The Labute approximate surface area is 237 Å². The van der Waals surface area contributed by atoms with E-state index in [9.17, 15) is 0 Å². The molecule has 0 spiro atoms. The van der Waals surface area contributed by atoms with E-state index in [0.29, 0.717) is 0 Å². The van der Waals surface area contributed by atoms with Gasteiger partial charge >= 0.3 is 0 Å². The molecule has 1 heterocycles. The molecule has 0 fully saturated rings. The molecule has 1 aliphatic heterocycles. The van der Waals surface area contributed by atoms with Crippen LogP contribution in [0.3, 0.4) is 0 Å². The van der Waals surface area contributed by atoms with Gasteiger partial charge in [-0.2, -0.15) is 0 Å². The van der Waals surface area contributed by atoms with Gasteiger partial charge in [-0.3, -0.25) is 9.98 Å². The van der Waals surface area contributed by atoms with E-state index in [2.05, 4.69) is 120 Å². The smallest absolute Gasteiger partial charge is 0.0949 e. The van der Waals surface area contributed by atoms with Crippen LogP contribution in [0.4, 0.5) is 0 Å². The molecule has 4 aromatic rings. The first-order chi connectivity index (χ1) is 19.9. The first kappa shape index (κ1) is 26.9. The fraction of sp³-hybridized carbons (Fsp3) is 0.167. The molecular formula is C36H36N4. The maximum Gasteiger partial charge on any atom is 0.0949 e. The molecule has 4 aromatic carbocycles. The molecule has 200 valence electrons. The van der Waals surface area contributed by atoms with Gasteiger partial charge in [0, 0.05) is 36.9 Å². The van der Waals surface area contributed by atoms with Crippen molar-refractivity contribution in [2.45, 2.75) is 24.9 Å². The number of rotatable bonds is 4. The number of hydrogen-bond acceptors (Lipinski definition) is 4. The van der Waals surface area contributed by atoms with Gasteiger partial charge in [-0.15, -0.1) is 0 Å². The van der Waals surface area contributed by atoms with E-state index >= 15 is 0 Å². The molecule has 4 nitrogen and oxygen atoms in total. The minimum Gasteiger partial charge on any atom is -0.384 e. The third-order valence-electron chi connectivity index (χ3n) is 6.81. The standard InChI is InChI=1S/C36H36N4/c1-5-15-29(16-6-1)33-27-34(30-17-7-2-8-18-30)38-25-14-26-40-36(32-21-11-4-12-22-32)28-35(39-24-13-23-37-33)31-19-9-3-10-20-31/h1-12,15-23,26-28,33,36,38-39H,13-14,24-25H2/b34-27-,35-28-,37-23?,40-26?. The van der Waals surface area contributed by atoms with Crippen molar-refractivity contribution in [1.82, 2.24) is 10.6 Å². The van der Waals surface area contributed by atoms with Crippen LogP contribution in [0.2, 0.25) is 0 Å². The zero-order valence-corrected chi connectivity index (χ0v) is 22.7. The highest BCUT2D eigenvalue weighted by atomic mass is 14.9. The van der Waals surface area contributed by atoms with Gasteiger partial charge in [-0.05, 0) is 47.2 Å². The van der Waals surface area contributed by atoms with Crippen molar-refractivity contribution in [3.05, 3.63) is 156 Å². The Hall–Kier alpha value is -4.70. The monoisotopic (exact) mass is 524 g/mol. The van der Waals surface area contributed by atoms with Gasteiger partial charge in [0.2, 0.25) is 0 Å². The van der Waals surface area contributed by atoms with Crippen molar-refractivity contribution in [1.29, 1.82) is 0 Å². The Kier molecular flexibility index (Phi) is 9.72. The molecule has 2 N–H and O–H groups in total. The van der Waals surface area contributed by atoms with Crippen molar-refractivity contribution < 1.29 is 0 Å². The lowest BCUT2D eigenvalue weighted by Crippen LogP contribution is -2.17. The van der Waals surface area contributed by atoms with Crippen molar-refractivity contribution in [3.8, 4) is 0 Å². The van der Waals surface area contributed by atoms with E-state index < -0.39 is 0 Å². The van der Waals surface area contributed by atoms with Gasteiger partial charge in [0.05, 0.1) is 12.1 Å². The molecule has 0 aliphatic carbocycles. The lowest BCUT2D eigenvalue weighted by molar-refractivity contribution is 0.836. The van der Waals surface area contributed by atoms with Crippen LogP contribution in [-0.2, 0) is 0 Å². The summed E-state index contributed by atoms with van der Waals surface area (Å²) in [5.41, 5.74) is 6.79. The molecule has 0 aromatic heterocycles. The number of nitrogens with zero attached hydrogens (tertiary/aromatic N) is 2. The molecule has 2 unspecified atom stereocenters. The second-order valence-corrected chi connectivity index (χ2v) is 9.70. The number of nitrogens with one attached hydrogen (secondary N) is 2. The van der Waals surface area contributed by atoms with Gasteiger partial charge in [0.1, 0.15) is 0 Å². The van der Waals surface area contributed by atoms with Crippen LogP contribution >= 0.6 is 0 Å². The largest absolute Gasteiger partial charge is 0.384 e. The Morgan fingerprint density at radius 1 is 0.450 bits per heavy atom. The predicted molar refractivity (Wildman–Crippen MR) is 169 cm³/mol. The van der Waals surface area contributed by atoms with Gasteiger partial charge in [0.25, 0.3) is 0 Å². The Morgan fingerprint density at radius 3 is 1.18 bits per heavy atom. The fourth-order valence-electron chi connectivity index (χ4n) is 4.74. The highest BCUT2D eigenvalue weighted by molar-refractivity contribution is 5.69. The lowest BCUT2D eigenvalue weighted by Gasteiger charge is -2.17. The lowest BCUT2D eigenvalue weighted by atomic mass is 10.0. The maximum absolute atomic E-state index is 5.03. The Bertz CT molecular complexity index is 1310. The summed E-state index contributed by atoms with van der Waals surface area (Å²) in [6.45, 7) is 1.54. The van der Waals surface area contributed by atoms with Gasteiger partial charge in [-0.1, -0.05) is 121 Å². The third kappa shape index (κ3) is 7.67. The zero-order valence-electron chi connectivity index (χ0n) is 22.7. The molecule has 40 heavy (non-hydrogen) atoms. The summed E-state index contributed by atoms with van der Waals surface area (Å²) >= 11 is 0. The van der Waals surface area contributed by atoms with Gasteiger partial charge < -0.3 is 10.6 Å².